The highest BCUT2D eigenvalue weighted by Gasteiger charge is 2.61. The van der Waals surface area contributed by atoms with Crippen molar-refractivity contribution in [2.24, 2.45) is 12.5 Å². The maximum absolute atomic E-state index is 13.2. The zero-order valence-corrected chi connectivity index (χ0v) is 19.8. The van der Waals surface area contributed by atoms with Crippen molar-refractivity contribution in [2.45, 2.75) is 57.0 Å². The number of aryl methyl sites for hydroxylation is 1. The Morgan fingerprint density at radius 2 is 2.06 bits per heavy atom. The third-order valence-electron chi connectivity index (χ3n) is 8.08. The van der Waals surface area contributed by atoms with E-state index in [2.05, 4.69) is 35.5 Å². The number of hydrogen-bond acceptors (Lipinski definition) is 6. The van der Waals surface area contributed by atoms with E-state index < -0.39 is 0 Å². The number of methoxy groups -OCH3 is 1. The smallest absolute Gasteiger partial charge is 0.209 e. The minimum atomic E-state index is 0.0328. The molecule has 2 atom stereocenters. The van der Waals surface area contributed by atoms with Crippen molar-refractivity contribution in [1.82, 2.24) is 19.7 Å². The number of thioether (sulfide) groups is 1. The van der Waals surface area contributed by atoms with Crippen molar-refractivity contribution in [3.63, 3.8) is 0 Å². The van der Waals surface area contributed by atoms with Crippen molar-refractivity contribution in [3.8, 4) is 5.75 Å². The van der Waals surface area contributed by atoms with E-state index in [1.165, 1.54) is 11.8 Å². The topological polar surface area (TPSA) is 69.9 Å². The number of aromatic nitrogens is 4. The normalized spacial score (nSPS) is 23.4. The van der Waals surface area contributed by atoms with E-state index in [-0.39, 0.29) is 22.4 Å². The van der Waals surface area contributed by atoms with Gasteiger partial charge in [-0.05, 0) is 43.4 Å². The van der Waals surface area contributed by atoms with Crippen molar-refractivity contribution >= 4 is 28.4 Å². The molecule has 2 heterocycles. The van der Waals surface area contributed by atoms with E-state index in [4.69, 9.17) is 9.72 Å². The number of rotatable bonds is 5. The lowest BCUT2D eigenvalue weighted by Crippen LogP contribution is -2.32. The van der Waals surface area contributed by atoms with Crippen LogP contribution >= 0.6 is 11.8 Å². The van der Waals surface area contributed by atoms with Gasteiger partial charge in [0.05, 0.1) is 24.3 Å². The summed E-state index contributed by atoms with van der Waals surface area (Å²) < 4.78 is 7.43. The summed E-state index contributed by atoms with van der Waals surface area (Å²) in [7, 11) is 3.63. The molecule has 2 aromatic heterocycles. The summed E-state index contributed by atoms with van der Waals surface area (Å²) in [4.78, 5) is 18.1. The fraction of sp³-hybridized carbons (Fsp3) is 0.500. The quantitative estimate of drug-likeness (QED) is 0.421. The van der Waals surface area contributed by atoms with Crippen molar-refractivity contribution in [2.75, 3.05) is 12.9 Å². The van der Waals surface area contributed by atoms with Gasteiger partial charge in [0.2, 0.25) is 5.16 Å². The fourth-order valence-corrected chi connectivity index (χ4v) is 6.32. The highest BCUT2D eigenvalue weighted by Crippen LogP contribution is 2.66. The number of Topliss-reactive ketones (excluding diaryl/α,β-unsaturated/α-hetero) is 1. The minimum Gasteiger partial charge on any atom is -0.497 e. The summed E-state index contributed by atoms with van der Waals surface area (Å²) in [6.07, 6.45) is 2.29. The molecule has 0 radical (unpaired) electrons. The molecule has 2 aliphatic rings. The molecule has 1 fully saturated rings. The summed E-state index contributed by atoms with van der Waals surface area (Å²) in [5.41, 5.74) is 5.04. The number of benzene rings is 1. The number of ketones is 1. The van der Waals surface area contributed by atoms with Crippen molar-refractivity contribution in [1.29, 1.82) is 0 Å². The maximum Gasteiger partial charge on any atom is 0.209 e. The first kappa shape index (κ1) is 20.5. The highest BCUT2D eigenvalue weighted by molar-refractivity contribution is 7.99. The van der Waals surface area contributed by atoms with Crippen LogP contribution in [0.1, 0.15) is 67.0 Å². The Labute approximate surface area is 186 Å². The van der Waals surface area contributed by atoms with Crippen LogP contribution in [0.4, 0.5) is 0 Å². The van der Waals surface area contributed by atoms with Crippen LogP contribution in [-0.2, 0) is 12.5 Å². The summed E-state index contributed by atoms with van der Waals surface area (Å²) in [5, 5.41) is 10.4. The van der Waals surface area contributed by atoms with Crippen LogP contribution in [0.2, 0.25) is 0 Å². The predicted molar refractivity (Wildman–Crippen MR) is 122 cm³/mol. The fourth-order valence-electron chi connectivity index (χ4n) is 5.66. The van der Waals surface area contributed by atoms with Crippen molar-refractivity contribution < 1.29 is 9.53 Å². The summed E-state index contributed by atoms with van der Waals surface area (Å²) in [6.45, 7) is 8.93. The van der Waals surface area contributed by atoms with E-state index in [1.807, 2.05) is 32.2 Å². The van der Waals surface area contributed by atoms with Gasteiger partial charge < -0.3 is 9.30 Å². The van der Waals surface area contributed by atoms with E-state index in [0.29, 0.717) is 11.1 Å². The number of carbonyl (C=O) groups excluding carboxylic acids is 1. The molecule has 2 unspecified atom stereocenters. The molecule has 2 bridgehead atoms. The molecule has 0 N–H and O–H groups in total. The Kier molecular flexibility index (Phi) is 4.49. The second-order valence-electron chi connectivity index (χ2n) is 9.59. The number of fused-ring (bicyclic) bond motifs is 6. The summed E-state index contributed by atoms with van der Waals surface area (Å²) in [5.74, 6) is 1.53. The maximum atomic E-state index is 13.2. The van der Waals surface area contributed by atoms with Gasteiger partial charge in [-0.25, -0.2) is 4.98 Å². The van der Waals surface area contributed by atoms with Gasteiger partial charge in [-0.2, -0.15) is 5.10 Å². The summed E-state index contributed by atoms with van der Waals surface area (Å²) >= 11 is 1.38. The van der Waals surface area contributed by atoms with Gasteiger partial charge in [0.1, 0.15) is 5.75 Å². The SMILES string of the molecule is COc1ccc2c(c1)c(C(=O)CSc1nnc3c(n1)C1(C)CCC3C1(C)C)c(C)n2C. The lowest BCUT2D eigenvalue weighted by molar-refractivity contribution is 0.102. The van der Waals surface area contributed by atoms with Crippen LogP contribution in [0.5, 0.6) is 5.75 Å². The lowest BCUT2D eigenvalue weighted by Gasteiger charge is -2.33. The van der Waals surface area contributed by atoms with Crippen LogP contribution in [0.25, 0.3) is 10.9 Å². The van der Waals surface area contributed by atoms with E-state index in [0.717, 1.165) is 52.1 Å². The molecule has 0 amide bonds. The van der Waals surface area contributed by atoms with Crippen LogP contribution in [-0.4, -0.2) is 38.4 Å². The first-order chi connectivity index (χ1) is 14.7. The third-order valence-corrected chi connectivity index (χ3v) is 8.92. The molecule has 31 heavy (non-hydrogen) atoms. The monoisotopic (exact) mass is 436 g/mol. The van der Waals surface area contributed by atoms with E-state index >= 15 is 0 Å². The molecule has 162 valence electrons. The number of hydrogen-bond donors (Lipinski definition) is 0. The molecule has 6 nitrogen and oxygen atoms in total. The van der Waals surface area contributed by atoms with Gasteiger partial charge in [-0.3, -0.25) is 4.79 Å². The Morgan fingerprint density at radius 1 is 1.29 bits per heavy atom. The molecular formula is C24H28N4O2S. The Hall–Kier alpha value is -2.41. The van der Waals surface area contributed by atoms with Gasteiger partial charge in [-0.1, -0.05) is 32.5 Å². The molecular weight excluding hydrogens is 408 g/mol. The van der Waals surface area contributed by atoms with Gasteiger partial charge >= 0.3 is 0 Å². The molecule has 0 spiro atoms. The zero-order valence-electron chi connectivity index (χ0n) is 18.9. The second-order valence-corrected chi connectivity index (χ2v) is 10.5. The second kappa shape index (κ2) is 6.79. The predicted octanol–water partition coefficient (Wildman–Crippen LogP) is 4.83. The molecule has 7 heteroatoms. The van der Waals surface area contributed by atoms with Gasteiger partial charge in [0.25, 0.3) is 0 Å². The van der Waals surface area contributed by atoms with Crippen LogP contribution in [0, 0.1) is 12.3 Å². The molecule has 5 rings (SSSR count). The molecule has 1 saturated carbocycles. The average Bonchev–Trinajstić information content (AvgIpc) is 3.22. The standard InChI is InChI=1S/C24H28N4O2S/c1-13-19(15-11-14(30-6)7-8-17(15)28(13)5)18(29)12-31-22-25-21-20(26-27-22)16-9-10-24(21,4)23(16,2)3/h7-8,11,16H,9-10,12H2,1-6H3. The zero-order chi connectivity index (χ0) is 22.1. The van der Waals surface area contributed by atoms with Gasteiger partial charge in [0.15, 0.2) is 5.78 Å². The number of ether oxygens (including phenoxy) is 1. The Balaban J connectivity index is 1.43. The van der Waals surface area contributed by atoms with E-state index in [1.54, 1.807) is 7.11 Å². The van der Waals surface area contributed by atoms with Crippen LogP contribution < -0.4 is 4.74 Å². The first-order valence-electron chi connectivity index (χ1n) is 10.7. The molecule has 1 aromatic carbocycles. The lowest BCUT2D eigenvalue weighted by atomic mass is 9.70. The summed E-state index contributed by atoms with van der Waals surface area (Å²) in [6, 6.07) is 5.86. The number of carbonyl (C=O) groups is 1. The van der Waals surface area contributed by atoms with Gasteiger partial charge in [0, 0.05) is 40.5 Å². The number of nitrogens with zero attached hydrogens (tertiary/aromatic N) is 4. The molecule has 0 aliphatic heterocycles. The first-order valence-corrected chi connectivity index (χ1v) is 11.7. The van der Waals surface area contributed by atoms with Crippen LogP contribution in [0.15, 0.2) is 23.4 Å². The third kappa shape index (κ3) is 2.71. The minimum absolute atomic E-state index is 0.0328. The van der Waals surface area contributed by atoms with Crippen LogP contribution in [0.3, 0.4) is 0 Å². The van der Waals surface area contributed by atoms with Crippen molar-refractivity contribution in [3.05, 3.63) is 40.8 Å². The molecule has 0 saturated heterocycles. The molecule has 2 aliphatic carbocycles. The largest absolute Gasteiger partial charge is 0.497 e. The van der Waals surface area contributed by atoms with E-state index in [9.17, 15) is 4.79 Å². The Morgan fingerprint density at radius 3 is 2.81 bits per heavy atom. The Bertz CT molecular complexity index is 1230. The van der Waals surface area contributed by atoms with Gasteiger partial charge in [-0.15, -0.1) is 5.10 Å². The highest BCUT2D eigenvalue weighted by atomic mass is 32.2. The average molecular weight is 437 g/mol. The molecule has 3 aromatic rings.